The zero-order valence-corrected chi connectivity index (χ0v) is 9.26. The van der Waals surface area contributed by atoms with Crippen molar-refractivity contribution in [2.45, 2.75) is 25.4 Å². The molecule has 1 heterocycles. The highest BCUT2D eigenvalue weighted by atomic mass is 19.1. The Morgan fingerprint density at radius 1 is 1.31 bits per heavy atom. The van der Waals surface area contributed by atoms with Gasteiger partial charge in [-0.05, 0) is 56.0 Å². The highest BCUT2D eigenvalue weighted by molar-refractivity contribution is 5.18. The molecule has 2 rings (SSSR count). The molecular weight excluding hydrogens is 208 g/mol. The minimum atomic E-state index is -1.03. The molecule has 3 heteroatoms. The quantitative estimate of drug-likeness (QED) is 0.832. The summed E-state index contributed by atoms with van der Waals surface area (Å²) in [4.78, 5) is 0. The van der Waals surface area contributed by atoms with Gasteiger partial charge in [-0.1, -0.05) is 12.1 Å². The van der Waals surface area contributed by atoms with Crippen molar-refractivity contribution >= 4 is 0 Å². The Morgan fingerprint density at radius 3 is 2.75 bits per heavy atom. The Balaban J connectivity index is 1.94. The second-order valence-electron chi connectivity index (χ2n) is 4.45. The summed E-state index contributed by atoms with van der Waals surface area (Å²) < 4.78 is 26.8. The van der Waals surface area contributed by atoms with Crippen LogP contribution in [0.1, 0.15) is 31.0 Å². The normalized spacial score (nSPS) is 19.6. The highest BCUT2D eigenvalue weighted by Gasteiger charge is 2.19. The van der Waals surface area contributed by atoms with Gasteiger partial charge in [0.15, 0.2) is 0 Å². The van der Waals surface area contributed by atoms with Crippen LogP contribution in [-0.4, -0.2) is 13.1 Å². The van der Waals surface area contributed by atoms with Crippen LogP contribution < -0.4 is 5.32 Å². The van der Waals surface area contributed by atoms with Crippen molar-refractivity contribution in [1.29, 1.82) is 0 Å². The number of hydrogen-bond acceptors (Lipinski definition) is 1. The average molecular weight is 225 g/mol. The molecular formula is C13H17F2N. The Hall–Kier alpha value is -0.960. The van der Waals surface area contributed by atoms with Crippen molar-refractivity contribution < 1.29 is 8.78 Å². The van der Waals surface area contributed by atoms with E-state index in [4.69, 9.17) is 0 Å². The molecule has 1 saturated heterocycles. The zero-order valence-electron chi connectivity index (χ0n) is 9.26. The summed E-state index contributed by atoms with van der Waals surface area (Å²) in [5.74, 6) is 0.0741. The molecule has 1 aromatic carbocycles. The van der Waals surface area contributed by atoms with Crippen LogP contribution in [0.15, 0.2) is 24.3 Å². The molecule has 0 radical (unpaired) electrons. The molecule has 88 valence electrons. The SMILES string of the molecule is Fc1cccc(C(F)CC2CCNCC2)c1. The van der Waals surface area contributed by atoms with Gasteiger partial charge in [0.05, 0.1) is 0 Å². The Bertz CT molecular complexity index is 334. The molecule has 16 heavy (non-hydrogen) atoms. The fourth-order valence-electron chi connectivity index (χ4n) is 2.25. The molecule has 1 N–H and O–H groups in total. The van der Waals surface area contributed by atoms with E-state index in [0.717, 1.165) is 25.9 Å². The third kappa shape index (κ3) is 3.01. The molecule has 1 atom stereocenters. The van der Waals surface area contributed by atoms with E-state index in [1.54, 1.807) is 12.1 Å². The van der Waals surface area contributed by atoms with E-state index in [1.165, 1.54) is 12.1 Å². The van der Waals surface area contributed by atoms with Gasteiger partial charge in [-0.25, -0.2) is 8.78 Å². The number of nitrogens with one attached hydrogen (secondary N) is 1. The molecule has 1 aromatic rings. The maximum Gasteiger partial charge on any atom is 0.125 e. The lowest BCUT2D eigenvalue weighted by molar-refractivity contribution is 0.239. The second-order valence-corrected chi connectivity index (χ2v) is 4.45. The van der Waals surface area contributed by atoms with E-state index in [-0.39, 0.29) is 5.82 Å². The van der Waals surface area contributed by atoms with Crippen LogP contribution in [-0.2, 0) is 0 Å². The molecule has 1 unspecified atom stereocenters. The number of piperidine rings is 1. The number of benzene rings is 1. The summed E-state index contributed by atoms with van der Waals surface area (Å²) >= 11 is 0. The standard InChI is InChI=1S/C13H17F2N/c14-12-3-1-2-11(9-12)13(15)8-10-4-6-16-7-5-10/h1-3,9-10,13,16H,4-8H2. The lowest BCUT2D eigenvalue weighted by Crippen LogP contribution is -2.28. The molecule has 0 aliphatic carbocycles. The van der Waals surface area contributed by atoms with Crippen LogP contribution in [0, 0.1) is 11.7 Å². The average Bonchev–Trinajstić information content (AvgIpc) is 2.30. The lowest BCUT2D eigenvalue weighted by atomic mass is 9.90. The summed E-state index contributed by atoms with van der Waals surface area (Å²) in [5, 5.41) is 3.25. The van der Waals surface area contributed by atoms with Gasteiger partial charge in [-0.15, -0.1) is 0 Å². The topological polar surface area (TPSA) is 12.0 Å². The van der Waals surface area contributed by atoms with Crippen LogP contribution in [0.4, 0.5) is 8.78 Å². The molecule has 0 aromatic heterocycles. The molecule has 1 aliphatic rings. The van der Waals surface area contributed by atoms with E-state index < -0.39 is 6.17 Å². The van der Waals surface area contributed by atoms with Crippen LogP contribution in [0.2, 0.25) is 0 Å². The molecule has 0 bridgehead atoms. The summed E-state index contributed by atoms with van der Waals surface area (Å²) in [6.45, 7) is 1.95. The van der Waals surface area contributed by atoms with Gasteiger partial charge in [0.25, 0.3) is 0 Å². The Labute approximate surface area is 94.9 Å². The van der Waals surface area contributed by atoms with Gasteiger partial charge in [0.1, 0.15) is 12.0 Å². The van der Waals surface area contributed by atoms with E-state index in [1.807, 2.05) is 0 Å². The molecule has 1 fully saturated rings. The smallest absolute Gasteiger partial charge is 0.125 e. The molecule has 1 nitrogen and oxygen atoms in total. The van der Waals surface area contributed by atoms with Crippen molar-refractivity contribution in [2.24, 2.45) is 5.92 Å². The van der Waals surface area contributed by atoms with E-state index in [0.29, 0.717) is 17.9 Å². The third-order valence-electron chi connectivity index (χ3n) is 3.21. The number of hydrogen-bond donors (Lipinski definition) is 1. The van der Waals surface area contributed by atoms with E-state index >= 15 is 0 Å². The second kappa shape index (κ2) is 5.39. The minimum absolute atomic E-state index is 0.356. The molecule has 0 spiro atoms. The summed E-state index contributed by atoms with van der Waals surface area (Å²) in [5.41, 5.74) is 0.471. The molecule has 0 amide bonds. The van der Waals surface area contributed by atoms with Gasteiger partial charge >= 0.3 is 0 Å². The first-order chi connectivity index (χ1) is 7.75. The monoisotopic (exact) mass is 225 g/mol. The van der Waals surface area contributed by atoms with Gasteiger partial charge in [-0.3, -0.25) is 0 Å². The molecule has 0 saturated carbocycles. The first-order valence-corrected chi connectivity index (χ1v) is 5.86. The number of halogens is 2. The fraction of sp³-hybridized carbons (Fsp3) is 0.538. The predicted molar refractivity (Wildman–Crippen MR) is 60.5 cm³/mol. The summed E-state index contributed by atoms with van der Waals surface area (Å²) in [6, 6.07) is 5.88. The van der Waals surface area contributed by atoms with Crippen LogP contribution in [0.25, 0.3) is 0 Å². The van der Waals surface area contributed by atoms with Crippen molar-refractivity contribution in [3.05, 3.63) is 35.6 Å². The highest BCUT2D eigenvalue weighted by Crippen LogP contribution is 2.29. The van der Waals surface area contributed by atoms with Crippen molar-refractivity contribution in [1.82, 2.24) is 5.32 Å². The lowest BCUT2D eigenvalue weighted by Gasteiger charge is -2.24. The number of alkyl halides is 1. The van der Waals surface area contributed by atoms with Crippen LogP contribution >= 0.6 is 0 Å². The maximum atomic E-state index is 13.9. The van der Waals surface area contributed by atoms with Crippen molar-refractivity contribution in [2.75, 3.05) is 13.1 Å². The van der Waals surface area contributed by atoms with Crippen molar-refractivity contribution in [3.63, 3.8) is 0 Å². The van der Waals surface area contributed by atoms with Gasteiger partial charge in [0, 0.05) is 0 Å². The third-order valence-corrected chi connectivity index (χ3v) is 3.21. The van der Waals surface area contributed by atoms with E-state index in [2.05, 4.69) is 5.32 Å². The first kappa shape index (κ1) is 11.5. The van der Waals surface area contributed by atoms with E-state index in [9.17, 15) is 8.78 Å². The number of rotatable bonds is 3. The largest absolute Gasteiger partial charge is 0.317 e. The van der Waals surface area contributed by atoms with Gasteiger partial charge in [-0.2, -0.15) is 0 Å². The Morgan fingerprint density at radius 2 is 2.06 bits per heavy atom. The maximum absolute atomic E-state index is 13.9. The summed E-state index contributed by atoms with van der Waals surface area (Å²) in [7, 11) is 0. The minimum Gasteiger partial charge on any atom is -0.317 e. The predicted octanol–water partition coefficient (Wildman–Crippen LogP) is 3.23. The fourth-order valence-corrected chi connectivity index (χ4v) is 2.25. The van der Waals surface area contributed by atoms with Gasteiger partial charge < -0.3 is 5.32 Å². The van der Waals surface area contributed by atoms with Crippen LogP contribution in [0.3, 0.4) is 0 Å². The van der Waals surface area contributed by atoms with Crippen LogP contribution in [0.5, 0.6) is 0 Å². The van der Waals surface area contributed by atoms with Crippen molar-refractivity contribution in [3.8, 4) is 0 Å². The molecule has 1 aliphatic heterocycles. The first-order valence-electron chi connectivity index (χ1n) is 5.86. The van der Waals surface area contributed by atoms with Gasteiger partial charge in [0.2, 0.25) is 0 Å². The zero-order chi connectivity index (χ0) is 11.4. The Kier molecular flexibility index (Phi) is 3.88. The summed E-state index contributed by atoms with van der Waals surface area (Å²) in [6.07, 6.45) is 1.54.